The zero-order valence-electron chi connectivity index (χ0n) is 12.5. The third-order valence-electron chi connectivity index (χ3n) is 3.31. The van der Waals surface area contributed by atoms with E-state index < -0.39 is 0 Å². The van der Waals surface area contributed by atoms with Gasteiger partial charge in [0.15, 0.2) is 0 Å². The van der Waals surface area contributed by atoms with E-state index >= 15 is 0 Å². The Balaban J connectivity index is 1.95. The number of ether oxygens (including phenoxy) is 1. The summed E-state index contributed by atoms with van der Waals surface area (Å²) in [6.07, 6.45) is 1.13. The molecule has 2 aromatic carbocycles. The van der Waals surface area contributed by atoms with Gasteiger partial charge in [0.05, 0.1) is 6.61 Å². The highest BCUT2D eigenvalue weighted by Gasteiger charge is 2.03. The van der Waals surface area contributed by atoms with Gasteiger partial charge < -0.3 is 15.2 Å². The second-order valence-corrected chi connectivity index (χ2v) is 5.05. The van der Waals surface area contributed by atoms with Crippen LogP contribution in [0, 0.1) is 0 Å². The number of hydrogen-bond acceptors (Lipinski definition) is 3. The molecule has 2 rings (SSSR count). The average Bonchev–Trinajstić information content (AvgIpc) is 2.54. The van der Waals surface area contributed by atoms with Crippen molar-refractivity contribution in [2.75, 3.05) is 6.54 Å². The van der Waals surface area contributed by atoms with Crippen LogP contribution < -0.4 is 10.1 Å². The third-order valence-corrected chi connectivity index (χ3v) is 3.31. The summed E-state index contributed by atoms with van der Waals surface area (Å²) in [4.78, 5) is 0. The van der Waals surface area contributed by atoms with Crippen molar-refractivity contribution in [1.29, 1.82) is 0 Å². The van der Waals surface area contributed by atoms with Gasteiger partial charge in [-0.05, 0) is 30.2 Å². The summed E-state index contributed by atoms with van der Waals surface area (Å²) < 4.78 is 5.92. The number of rotatable bonds is 8. The largest absolute Gasteiger partial charge is 0.489 e. The molecule has 0 aliphatic carbocycles. The van der Waals surface area contributed by atoms with E-state index in [4.69, 9.17) is 9.84 Å². The van der Waals surface area contributed by atoms with Gasteiger partial charge in [-0.1, -0.05) is 49.4 Å². The highest BCUT2D eigenvalue weighted by atomic mass is 16.5. The zero-order valence-corrected chi connectivity index (χ0v) is 12.5. The smallest absolute Gasteiger partial charge is 0.124 e. The van der Waals surface area contributed by atoms with Crippen molar-refractivity contribution in [3.8, 4) is 5.75 Å². The maximum absolute atomic E-state index is 9.04. The molecular formula is C18H23NO2. The molecule has 0 fully saturated rings. The fourth-order valence-corrected chi connectivity index (χ4v) is 2.09. The van der Waals surface area contributed by atoms with Crippen LogP contribution in [0.3, 0.4) is 0 Å². The van der Waals surface area contributed by atoms with Crippen LogP contribution in [-0.4, -0.2) is 11.7 Å². The second kappa shape index (κ2) is 8.45. The number of aliphatic hydroxyl groups is 1. The van der Waals surface area contributed by atoms with Crippen molar-refractivity contribution < 1.29 is 9.84 Å². The van der Waals surface area contributed by atoms with Crippen molar-refractivity contribution in [2.24, 2.45) is 0 Å². The highest BCUT2D eigenvalue weighted by molar-refractivity contribution is 5.33. The van der Waals surface area contributed by atoms with E-state index in [0.717, 1.165) is 36.4 Å². The van der Waals surface area contributed by atoms with E-state index in [1.807, 2.05) is 42.5 Å². The predicted molar refractivity (Wildman–Crippen MR) is 85.1 cm³/mol. The summed E-state index contributed by atoms with van der Waals surface area (Å²) >= 11 is 0. The van der Waals surface area contributed by atoms with Crippen LogP contribution in [0.2, 0.25) is 0 Å². The molecule has 0 aliphatic heterocycles. The van der Waals surface area contributed by atoms with Crippen molar-refractivity contribution in [1.82, 2.24) is 5.32 Å². The van der Waals surface area contributed by atoms with E-state index in [9.17, 15) is 0 Å². The van der Waals surface area contributed by atoms with Crippen LogP contribution in [0.1, 0.15) is 30.0 Å². The first-order valence-corrected chi connectivity index (χ1v) is 7.43. The standard InChI is InChI=1S/C18H23NO2/c1-2-11-19-12-17-5-3-4-6-18(17)21-14-16-9-7-15(13-20)8-10-16/h3-10,19-20H,2,11-14H2,1H3. The zero-order chi connectivity index (χ0) is 14.9. The first kappa shape index (κ1) is 15.5. The molecule has 2 N–H and O–H groups in total. The number of hydrogen-bond donors (Lipinski definition) is 2. The topological polar surface area (TPSA) is 41.5 Å². The molecule has 0 bridgehead atoms. The van der Waals surface area contributed by atoms with Crippen molar-refractivity contribution in [3.05, 3.63) is 65.2 Å². The monoisotopic (exact) mass is 285 g/mol. The number of aliphatic hydroxyl groups excluding tert-OH is 1. The third kappa shape index (κ3) is 4.88. The van der Waals surface area contributed by atoms with Gasteiger partial charge in [-0.3, -0.25) is 0 Å². The number of benzene rings is 2. The summed E-state index contributed by atoms with van der Waals surface area (Å²) in [5, 5.41) is 12.4. The van der Waals surface area contributed by atoms with Gasteiger partial charge in [-0.2, -0.15) is 0 Å². The minimum absolute atomic E-state index is 0.0765. The van der Waals surface area contributed by atoms with E-state index in [-0.39, 0.29) is 6.61 Å². The highest BCUT2D eigenvalue weighted by Crippen LogP contribution is 2.19. The predicted octanol–water partition coefficient (Wildman–Crippen LogP) is 3.26. The molecule has 0 unspecified atom stereocenters. The van der Waals surface area contributed by atoms with Gasteiger partial charge in [0.25, 0.3) is 0 Å². The molecule has 2 aromatic rings. The summed E-state index contributed by atoms with van der Waals surface area (Å²) in [5.41, 5.74) is 3.20. The first-order chi connectivity index (χ1) is 10.3. The lowest BCUT2D eigenvalue weighted by Gasteiger charge is -2.12. The normalized spacial score (nSPS) is 10.6. The minimum atomic E-state index is 0.0765. The Morgan fingerprint density at radius 2 is 1.71 bits per heavy atom. The molecule has 0 heterocycles. The molecular weight excluding hydrogens is 262 g/mol. The molecule has 0 saturated heterocycles. The van der Waals surface area contributed by atoms with Gasteiger partial charge in [-0.25, -0.2) is 0 Å². The molecule has 21 heavy (non-hydrogen) atoms. The molecule has 0 amide bonds. The summed E-state index contributed by atoms with van der Waals surface area (Å²) in [5.74, 6) is 0.923. The maximum Gasteiger partial charge on any atom is 0.124 e. The van der Waals surface area contributed by atoms with E-state index in [1.165, 1.54) is 5.56 Å². The quantitative estimate of drug-likeness (QED) is 0.732. The SMILES string of the molecule is CCCNCc1ccccc1OCc1ccc(CO)cc1. The Hall–Kier alpha value is -1.84. The summed E-state index contributed by atoms with van der Waals surface area (Å²) in [7, 11) is 0. The van der Waals surface area contributed by atoms with Crippen molar-refractivity contribution >= 4 is 0 Å². The van der Waals surface area contributed by atoms with Crippen LogP contribution in [0.4, 0.5) is 0 Å². The Morgan fingerprint density at radius 1 is 1.00 bits per heavy atom. The van der Waals surface area contributed by atoms with Crippen LogP contribution in [-0.2, 0) is 19.8 Å². The second-order valence-electron chi connectivity index (χ2n) is 5.05. The van der Waals surface area contributed by atoms with E-state index in [1.54, 1.807) is 0 Å². The number of para-hydroxylation sites is 1. The summed E-state index contributed by atoms with van der Waals surface area (Å²) in [6.45, 7) is 4.61. The van der Waals surface area contributed by atoms with E-state index in [2.05, 4.69) is 18.3 Å². The van der Waals surface area contributed by atoms with Crippen molar-refractivity contribution in [3.63, 3.8) is 0 Å². The lowest BCUT2D eigenvalue weighted by Crippen LogP contribution is -2.14. The molecule has 0 radical (unpaired) electrons. The van der Waals surface area contributed by atoms with Crippen LogP contribution in [0.15, 0.2) is 48.5 Å². The molecule has 3 heteroatoms. The molecule has 0 aromatic heterocycles. The van der Waals surface area contributed by atoms with Crippen LogP contribution in [0.25, 0.3) is 0 Å². The average molecular weight is 285 g/mol. The Labute approximate surface area is 126 Å². The van der Waals surface area contributed by atoms with Gasteiger partial charge in [0, 0.05) is 12.1 Å². The van der Waals surface area contributed by atoms with Crippen molar-refractivity contribution in [2.45, 2.75) is 33.1 Å². The number of nitrogens with one attached hydrogen (secondary N) is 1. The first-order valence-electron chi connectivity index (χ1n) is 7.43. The molecule has 3 nitrogen and oxygen atoms in total. The fourth-order valence-electron chi connectivity index (χ4n) is 2.09. The van der Waals surface area contributed by atoms with Crippen LogP contribution >= 0.6 is 0 Å². The summed E-state index contributed by atoms with van der Waals surface area (Å²) in [6, 6.07) is 15.9. The Bertz CT molecular complexity index is 537. The molecule has 0 atom stereocenters. The Morgan fingerprint density at radius 3 is 2.43 bits per heavy atom. The fraction of sp³-hybridized carbons (Fsp3) is 0.333. The molecule has 112 valence electrons. The van der Waals surface area contributed by atoms with E-state index in [0.29, 0.717) is 6.61 Å². The van der Waals surface area contributed by atoms with Gasteiger partial charge >= 0.3 is 0 Å². The molecule has 0 saturated carbocycles. The van der Waals surface area contributed by atoms with Gasteiger partial charge in [0.2, 0.25) is 0 Å². The van der Waals surface area contributed by atoms with Gasteiger partial charge in [0.1, 0.15) is 12.4 Å². The van der Waals surface area contributed by atoms with Gasteiger partial charge in [-0.15, -0.1) is 0 Å². The lowest BCUT2D eigenvalue weighted by atomic mass is 10.1. The van der Waals surface area contributed by atoms with Crippen LogP contribution in [0.5, 0.6) is 5.75 Å². The minimum Gasteiger partial charge on any atom is -0.489 e. The molecule has 0 aliphatic rings. The Kier molecular flexibility index (Phi) is 6.25. The lowest BCUT2D eigenvalue weighted by molar-refractivity contribution is 0.281. The maximum atomic E-state index is 9.04. The molecule has 0 spiro atoms.